The highest BCUT2D eigenvalue weighted by molar-refractivity contribution is 6.01. The summed E-state index contributed by atoms with van der Waals surface area (Å²) in [5, 5.41) is 16.3. The number of carbonyl (C=O) groups excluding carboxylic acids is 1. The predicted octanol–water partition coefficient (Wildman–Crippen LogP) is 5.49. The molecule has 3 aromatic carbocycles. The number of nitrogens with zero attached hydrogens (tertiary/aromatic N) is 1. The zero-order valence-corrected chi connectivity index (χ0v) is 20.7. The quantitative estimate of drug-likeness (QED) is 0.399. The largest absolute Gasteiger partial charge is 0.497 e. The number of ether oxygens (including phenoxy) is 1. The summed E-state index contributed by atoms with van der Waals surface area (Å²) >= 11 is 0. The van der Waals surface area contributed by atoms with E-state index in [2.05, 4.69) is 10.6 Å². The average Bonchev–Trinajstić information content (AvgIpc) is 2.86. The van der Waals surface area contributed by atoms with E-state index in [-0.39, 0.29) is 30.9 Å². The molecule has 0 atom stereocenters. The molecular formula is C27H30F3N3O3. The van der Waals surface area contributed by atoms with Crippen molar-refractivity contribution >= 4 is 23.0 Å². The second-order valence-electron chi connectivity index (χ2n) is 8.36. The minimum absolute atomic E-state index is 0.00762. The second kappa shape index (κ2) is 11.3. The number of amides is 1. The van der Waals surface area contributed by atoms with Gasteiger partial charge in [0.05, 0.1) is 37.1 Å². The van der Waals surface area contributed by atoms with E-state index in [1.54, 1.807) is 44.4 Å². The lowest BCUT2D eigenvalue weighted by atomic mass is 9.92. The van der Waals surface area contributed by atoms with Crippen LogP contribution >= 0.6 is 0 Å². The molecule has 0 unspecified atom stereocenters. The molecule has 0 saturated carbocycles. The molecule has 6 nitrogen and oxygen atoms in total. The molecular weight excluding hydrogens is 471 g/mol. The van der Waals surface area contributed by atoms with Crippen LogP contribution < -0.4 is 15.4 Å². The smallest absolute Gasteiger partial charge is 0.256 e. The molecule has 192 valence electrons. The third-order valence-corrected chi connectivity index (χ3v) is 5.68. The molecule has 3 N–H and O–H groups in total. The minimum Gasteiger partial charge on any atom is -0.497 e. The fourth-order valence-electron chi connectivity index (χ4n) is 3.77. The van der Waals surface area contributed by atoms with Gasteiger partial charge in [-0.2, -0.15) is 0 Å². The van der Waals surface area contributed by atoms with Crippen molar-refractivity contribution in [2.75, 3.05) is 37.4 Å². The van der Waals surface area contributed by atoms with Gasteiger partial charge < -0.3 is 25.4 Å². The van der Waals surface area contributed by atoms with Crippen molar-refractivity contribution < 1.29 is 27.8 Å². The van der Waals surface area contributed by atoms with Gasteiger partial charge in [0.15, 0.2) is 11.6 Å². The molecule has 1 aliphatic rings. The van der Waals surface area contributed by atoms with Gasteiger partial charge in [-0.15, -0.1) is 0 Å². The molecule has 1 heterocycles. The first-order chi connectivity index (χ1) is 17.2. The van der Waals surface area contributed by atoms with E-state index in [0.717, 1.165) is 17.8 Å². The molecule has 0 aliphatic carbocycles. The maximum atomic E-state index is 14.6. The summed E-state index contributed by atoms with van der Waals surface area (Å²) in [5.74, 6) is -3.03. The first kappa shape index (κ1) is 26.9. The summed E-state index contributed by atoms with van der Waals surface area (Å²) < 4.78 is 47.9. The standard InChI is InChI=1S/C25H24F3N3O3.C2H6/c1-15-3-10-21(20(27)11-15)30-23-18(8-9-19(26)22(23)28)24(32)31-13-25(33,14-31)12-29-16-4-6-17(34-2)7-5-16;1-2/h3-11,29-30,33H,12-14H2,1-2H3;1-2H3. The maximum absolute atomic E-state index is 14.6. The van der Waals surface area contributed by atoms with Gasteiger partial charge in [-0.1, -0.05) is 19.9 Å². The molecule has 36 heavy (non-hydrogen) atoms. The van der Waals surface area contributed by atoms with Gasteiger partial charge in [0.2, 0.25) is 0 Å². The van der Waals surface area contributed by atoms with Crippen molar-refractivity contribution in [1.29, 1.82) is 0 Å². The Morgan fingerprint density at radius 1 is 1.03 bits per heavy atom. The maximum Gasteiger partial charge on any atom is 0.256 e. The summed E-state index contributed by atoms with van der Waals surface area (Å²) in [6.07, 6.45) is 0. The Bertz CT molecular complexity index is 1210. The van der Waals surface area contributed by atoms with Crippen LogP contribution in [0.5, 0.6) is 5.75 Å². The van der Waals surface area contributed by atoms with Crippen LogP contribution in [0.15, 0.2) is 54.6 Å². The Hall–Kier alpha value is -3.72. The zero-order valence-electron chi connectivity index (χ0n) is 20.7. The van der Waals surface area contributed by atoms with Gasteiger partial charge in [-0.05, 0) is 61.0 Å². The van der Waals surface area contributed by atoms with E-state index >= 15 is 0 Å². The van der Waals surface area contributed by atoms with E-state index in [1.165, 1.54) is 17.0 Å². The molecule has 1 fully saturated rings. The number of hydrogen-bond acceptors (Lipinski definition) is 5. The second-order valence-corrected chi connectivity index (χ2v) is 8.36. The SMILES string of the molecule is CC.COc1ccc(NCC2(O)CN(C(=O)c3ccc(F)c(F)c3Nc3ccc(C)cc3F)C2)cc1. The van der Waals surface area contributed by atoms with Crippen molar-refractivity contribution in [3.05, 3.63) is 83.2 Å². The van der Waals surface area contributed by atoms with Crippen LogP contribution in [0.3, 0.4) is 0 Å². The lowest BCUT2D eigenvalue weighted by molar-refractivity contribution is -0.0706. The number of rotatable bonds is 7. The Labute approximate surface area is 208 Å². The highest BCUT2D eigenvalue weighted by atomic mass is 19.2. The Morgan fingerprint density at radius 3 is 2.31 bits per heavy atom. The normalized spacial score (nSPS) is 13.7. The molecule has 0 bridgehead atoms. The summed E-state index contributed by atoms with van der Waals surface area (Å²) in [6, 6.07) is 13.4. The van der Waals surface area contributed by atoms with Crippen LogP contribution in [0.4, 0.5) is 30.2 Å². The summed E-state index contributed by atoms with van der Waals surface area (Å²) in [4.78, 5) is 14.3. The third kappa shape index (κ3) is 5.91. The van der Waals surface area contributed by atoms with Gasteiger partial charge in [0.1, 0.15) is 17.2 Å². The van der Waals surface area contributed by atoms with Gasteiger partial charge in [-0.25, -0.2) is 13.2 Å². The number of nitrogens with one attached hydrogen (secondary N) is 2. The number of anilines is 3. The summed E-state index contributed by atoms with van der Waals surface area (Å²) in [7, 11) is 1.57. The molecule has 9 heteroatoms. The van der Waals surface area contributed by atoms with Crippen LogP contribution in [-0.2, 0) is 0 Å². The van der Waals surface area contributed by atoms with Crippen molar-refractivity contribution in [2.24, 2.45) is 0 Å². The number of halogens is 3. The summed E-state index contributed by atoms with van der Waals surface area (Å²) in [5.41, 5.74) is -0.477. The predicted molar refractivity (Wildman–Crippen MR) is 134 cm³/mol. The number of likely N-dealkylation sites (tertiary alicyclic amines) is 1. The highest BCUT2D eigenvalue weighted by Crippen LogP contribution is 2.32. The molecule has 1 saturated heterocycles. The highest BCUT2D eigenvalue weighted by Gasteiger charge is 2.44. The average molecular weight is 502 g/mol. The number of β-amino-alcohol motifs (C(OH)–C–C–N with tert-alkyl or cyclic N) is 1. The topological polar surface area (TPSA) is 73.8 Å². The minimum atomic E-state index is -1.29. The number of benzene rings is 3. The van der Waals surface area contributed by atoms with E-state index < -0.39 is 34.6 Å². The first-order valence-corrected chi connectivity index (χ1v) is 11.6. The summed E-state index contributed by atoms with van der Waals surface area (Å²) in [6.45, 7) is 5.86. The number of aliphatic hydroxyl groups is 1. The van der Waals surface area contributed by atoms with Crippen LogP contribution in [0.2, 0.25) is 0 Å². The van der Waals surface area contributed by atoms with Crippen LogP contribution in [0, 0.1) is 24.4 Å². The fraction of sp³-hybridized carbons (Fsp3) is 0.296. The van der Waals surface area contributed by atoms with Crippen molar-refractivity contribution in [2.45, 2.75) is 26.4 Å². The van der Waals surface area contributed by atoms with Crippen molar-refractivity contribution in [1.82, 2.24) is 4.90 Å². The van der Waals surface area contributed by atoms with Gasteiger partial charge >= 0.3 is 0 Å². The molecule has 0 spiro atoms. The van der Waals surface area contributed by atoms with E-state index in [9.17, 15) is 23.1 Å². The third-order valence-electron chi connectivity index (χ3n) is 5.68. The fourth-order valence-corrected chi connectivity index (χ4v) is 3.77. The molecule has 0 radical (unpaired) electrons. The molecule has 0 aromatic heterocycles. The lowest BCUT2D eigenvalue weighted by Crippen LogP contribution is -2.66. The first-order valence-electron chi connectivity index (χ1n) is 11.6. The lowest BCUT2D eigenvalue weighted by Gasteiger charge is -2.46. The monoisotopic (exact) mass is 501 g/mol. The zero-order chi connectivity index (χ0) is 26.5. The van der Waals surface area contributed by atoms with E-state index in [0.29, 0.717) is 11.3 Å². The molecule has 1 aliphatic heterocycles. The van der Waals surface area contributed by atoms with Crippen LogP contribution in [-0.4, -0.2) is 48.3 Å². The number of aryl methyl sites for hydroxylation is 1. The molecule has 4 rings (SSSR count). The van der Waals surface area contributed by atoms with Gasteiger partial charge in [-0.3, -0.25) is 4.79 Å². The van der Waals surface area contributed by atoms with Crippen molar-refractivity contribution in [3.8, 4) is 5.75 Å². The Balaban J connectivity index is 0.00000176. The number of carbonyl (C=O) groups is 1. The van der Waals surface area contributed by atoms with Gasteiger partial charge in [0.25, 0.3) is 5.91 Å². The molecule has 1 amide bonds. The van der Waals surface area contributed by atoms with Crippen LogP contribution in [0.25, 0.3) is 0 Å². The Kier molecular flexibility index (Phi) is 8.47. The molecule has 3 aromatic rings. The number of methoxy groups -OCH3 is 1. The van der Waals surface area contributed by atoms with Gasteiger partial charge in [0, 0.05) is 12.2 Å². The van der Waals surface area contributed by atoms with Crippen molar-refractivity contribution in [3.63, 3.8) is 0 Å². The van der Waals surface area contributed by atoms with Crippen LogP contribution in [0.1, 0.15) is 29.8 Å². The Morgan fingerprint density at radius 2 is 1.69 bits per heavy atom. The van der Waals surface area contributed by atoms with E-state index in [1.807, 2.05) is 13.8 Å². The number of hydrogen-bond donors (Lipinski definition) is 3. The van der Waals surface area contributed by atoms with E-state index in [4.69, 9.17) is 4.74 Å².